The van der Waals surface area contributed by atoms with Gasteiger partial charge >= 0.3 is 0 Å². The van der Waals surface area contributed by atoms with Gasteiger partial charge in [-0.3, -0.25) is 0 Å². The Morgan fingerprint density at radius 3 is 2.61 bits per heavy atom. The zero-order chi connectivity index (χ0) is 27.1. The molecule has 3 aromatic rings. The molecule has 2 unspecified atom stereocenters. The maximum Gasteiger partial charge on any atom is 0.165 e. The van der Waals surface area contributed by atoms with Crippen LogP contribution in [0.25, 0.3) is 0 Å². The quantitative estimate of drug-likeness (QED) is 0.283. The maximum atomic E-state index is 14.8. The number of halogens is 1. The molecular weight excluding hydrogens is 479 g/mol. The van der Waals surface area contributed by atoms with Gasteiger partial charge in [0.1, 0.15) is 18.1 Å². The average molecular weight is 521 g/mol. The van der Waals surface area contributed by atoms with Crippen LogP contribution in [0.5, 0.6) is 17.2 Å². The highest BCUT2D eigenvalue weighted by Gasteiger charge is 2.23. The molecule has 1 aliphatic rings. The molecule has 0 saturated carbocycles. The third kappa shape index (κ3) is 6.98. The van der Waals surface area contributed by atoms with Crippen molar-refractivity contribution in [3.05, 3.63) is 82.7 Å². The van der Waals surface area contributed by atoms with E-state index in [1.807, 2.05) is 24.3 Å². The molecule has 0 saturated heterocycles. The first-order valence-electron chi connectivity index (χ1n) is 13.8. The molecule has 0 fully saturated rings. The number of phenolic OH excluding ortho intramolecular Hbond substituents is 1. The van der Waals surface area contributed by atoms with E-state index in [0.717, 1.165) is 55.9 Å². The van der Waals surface area contributed by atoms with Crippen molar-refractivity contribution in [3.63, 3.8) is 0 Å². The molecule has 0 bridgehead atoms. The Balaban J connectivity index is 1.42. The smallest absolute Gasteiger partial charge is 0.165 e. The summed E-state index contributed by atoms with van der Waals surface area (Å²) in [5.74, 6) is 1.50. The second-order valence-electron chi connectivity index (χ2n) is 10.2. The van der Waals surface area contributed by atoms with Crippen molar-refractivity contribution in [2.24, 2.45) is 0 Å². The monoisotopic (exact) mass is 520 g/mol. The summed E-state index contributed by atoms with van der Waals surface area (Å²) in [6.07, 6.45) is 3.58. The van der Waals surface area contributed by atoms with Gasteiger partial charge < -0.3 is 24.8 Å². The predicted molar refractivity (Wildman–Crippen MR) is 152 cm³/mol. The minimum absolute atomic E-state index is 0.0857. The number of nitrogens with one attached hydrogen (secondary N) is 1. The summed E-state index contributed by atoms with van der Waals surface area (Å²) in [7, 11) is 1.68. The SMILES string of the molecule is CCN(CC)CCOc1ccc(CC(C)Nc2cc(OC)ccc2C2CCc3cc(O)ccc3C2)cc1F. The minimum atomic E-state index is -0.316. The van der Waals surface area contributed by atoms with E-state index in [-0.39, 0.29) is 11.9 Å². The van der Waals surface area contributed by atoms with Gasteiger partial charge in [-0.1, -0.05) is 32.0 Å². The lowest BCUT2D eigenvalue weighted by atomic mass is 9.79. The number of fused-ring (bicyclic) bond motifs is 1. The standard InChI is InChI=1S/C32H41FN2O3/c1-5-35(6-2)15-16-38-32-14-7-23(18-30(32)33)17-22(3)34-31-21-28(37-4)12-13-29(31)26-9-8-25-20-27(36)11-10-24(25)19-26/h7,10-14,18,20-22,26,34,36H,5-6,8-9,15-17,19H2,1-4H3. The van der Waals surface area contributed by atoms with E-state index in [1.54, 1.807) is 25.3 Å². The van der Waals surface area contributed by atoms with E-state index in [9.17, 15) is 9.50 Å². The summed E-state index contributed by atoms with van der Waals surface area (Å²) in [4.78, 5) is 2.25. The Bertz CT molecular complexity index is 1210. The van der Waals surface area contributed by atoms with Crippen molar-refractivity contribution in [1.82, 2.24) is 4.90 Å². The molecule has 5 nitrogen and oxygen atoms in total. The van der Waals surface area contributed by atoms with Crippen molar-refractivity contribution in [2.45, 2.75) is 58.4 Å². The van der Waals surface area contributed by atoms with Gasteiger partial charge in [0.2, 0.25) is 0 Å². The third-order valence-electron chi connectivity index (χ3n) is 7.62. The summed E-state index contributed by atoms with van der Waals surface area (Å²) < 4.78 is 26.0. The molecule has 0 spiro atoms. The lowest BCUT2D eigenvalue weighted by molar-refractivity contribution is 0.217. The molecule has 0 aliphatic heterocycles. The molecule has 38 heavy (non-hydrogen) atoms. The average Bonchev–Trinajstić information content (AvgIpc) is 2.91. The number of ether oxygens (including phenoxy) is 2. The van der Waals surface area contributed by atoms with Gasteiger partial charge in [-0.05, 0) is 104 Å². The summed E-state index contributed by atoms with van der Waals surface area (Å²) >= 11 is 0. The van der Waals surface area contributed by atoms with Gasteiger partial charge in [-0.2, -0.15) is 0 Å². The molecule has 0 heterocycles. The van der Waals surface area contributed by atoms with Crippen molar-refractivity contribution in [1.29, 1.82) is 0 Å². The number of anilines is 1. The van der Waals surface area contributed by atoms with Gasteiger partial charge in [0.05, 0.1) is 7.11 Å². The zero-order valence-electron chi connectivity index (χ0n) is 23.1. The minimum Gasteiger partial charge on any atom is -0.508 e. The number of phenols is 1. The molecule has 6 heteroatoms. The van der Waals surface area contributed by atoms with Gasteiger partial charge in [0.25, 0.3) is 0 Å². The van der Waals surface area contributed by atoms with E-state index in [1.165, 1.54) is 16.7 Å². The fourth-order valence-electron chi connectivity index (χ4n) is 5.43. The lowest BCUT2D eigenvalue weighted by Gasteiger charge is -2.28. The van der Waals surface area contributed by atoms with E-state index in [0.29, 0.717) is 30.4 Å². The first kappa shape index (κ1) is 27.8. The fourth-order valence-corrected chi connectivity index (χ4v) is 5.43. The van der Waals surface area contributed by atoms with Crippen LogP contribution >= 0.6 is 0 Å². The predicted octanol–water partition coefficient (Wildman–Crippen LogP) is 6.58. The highest BCUT2D eigenvalue weighted by molar-refractivity contribution is 5.58. The lowest BCUT2D eigenvalue weighted by Crippen LogP contribution is -2.28. The molecule has 0 radical (unpaired) electrons. The first-order chi connectivity index (χ1) is 18.4. The topological polar surface area (TPSA) is 54.0 Å². The number of aromatic hydroxyl groups is 1. The number of nitrogens with zero attached hydrogens (tertiary/aromatic N) is 1. The number of methoxy groups -OCH3 is 1. The van der Waals surface area contributed by atoms with Gasteiger partial charge in [0, 0.05) is 24.3 Å². The molecule has 3 aromatic carbocycles. The summed E-state index contributed by atoms with van der Waals surface area (Å²) in [5.41, 5.74) is 5.78. The first-order valence-corrected chi connectivity index (χ1v) is 13.8. The summed E-state index contributed by atoms with van der Waals surface area (Å²) in [6, 6.07) is 17.3. The number of rotatable bonds is 12. The number of benzene rings is 3. The number of aryl methyl sites for hydroxylation is 1. The molecular formula is C32H41FN2O3. The van der Waals surface area contributed by atoms with Gasteiger partial charge in [0.15, 0.2) is 11.6 Å². The molecule has 2 atom stereocenters. The van der Waals surface area contributed by atoms with Crippen molar-refractivity contribution < 1.29 is 19.0 Å². The van der Waals surface area contributed by atoms with Gasteiger partial charge in [-0.15, -0.1) is 0 Å². The molecule has 4 rings (SSSR count). The van der Waals surface area contributed by atoms with Crippen LogP contribution in [0.15, 0.2) is 54.6 Å². The van der Waals surface area contributed by atoms with E-state index >= 15 is 0 Å². The molecule has 0 amide bonds. The molecule has 1 aliphatic carbocycles. The molecule has 204 valence electrons. The largest absolute Gasteiger partial charge is 0.508 e. The normalized spacial score (nSPS) is 15.7. The van der Waals surface area contributed by atoms with Crippen LogP contribution < -0.4 is 14.8 Å². The maximum absolute atomic E-state index is 14.8. The van der Waals surface area contributed by atoms with E-state index in [4.69, 9.17) is 9.47 Å². The highest BCUT2D eigenvalue weighted by atomic mass is 19.1. The Hall–Kier alpha value is -3.25. The number of hydrogen-bond acceptors (Lipinski definition) is 5. The van der Waals surface area contributed by atoms with E-state index < -0.39 is 0 Å². The highest BCUT2D eigenvalue weighted by Crippen LogP contribution is 2.38. The second kappa shape index (κ2) is 13.0. The van der Waals surface area contributed by atoms with Crippen LogP contribution in [0.3, 0.4) is 0 Å². The van der Waals surface area contributed by atoms with Crippen LogP contribution in [0.1, 0.15) is 55.4 Å². The zero-order valence-corrected chi connectivity index (χ0v) is 23.1. The Kier molecular flexibility index (Phi) is 9.51. The van der Waals surface area contributed by atoms with Crippen molar-refractivity contribution >= 4 is 5.69 Å². The Morgan fingerprint density at radius 2 is 1.87 bits per heavy atom. The second-order valence-corrected chi connectivity index (χ2v) is 10.2. The van der Waals surface area contributed by atoms with Crippen LogP contribution in [-0.4, -0.2) is 49.4 Å². The van der Waals surface area contributed by atoms with E-state index in [2.05, 4.69) is 43.1 Å². The van der Waals surface area contributed by atoms with Crippen LogP contribution in [-0.2, 0) is 19.3 Å². The van der Waals surface area contributed by atoms with Gasteiger partial charge in [-0.25, -0.2) is 4.39 Å². The number of hydrogen-bond donors (Lipinski definition) is 2. The fraction of sp³-hybridized carbons (Fsp3) is 0.438. The molecule has 0 aromatic heterocycles. The Labute approximate surface area is 226 Å². The van der Waals surface area contributed by atoms with Crippen LogP contribution in [0, 0.1) is 5.82 Å². The van der Waals surface area contributed by atoms with Crippen LogP contribution in [0.4, 0.5) is 10.1 Å². The van der Waals surface area contributed by atoms with Crippen molar-refractivity contribution in [3.8, 4) is 17.2 Å². The van der Waals surface area contributed by atoms with Crippen molar-refractivity contribution in [2.75, 3.05) is 38.7 Å². The molecule has 2 N–H and O–H groups in total. The van der Waals surface area contributed by atoms with Crippen LogP contribution in [0.2, 0.25) is 0 Å². The Morgan fingerprint density at radius 1 is 1.05 bits per heavy atom. The third-order valence-corrected chi connectivity index (χ3v) is 7.62. The summed E-state index contributed by atoms with van der Waals surface area (Å²) in [6.45, 7) is 9.52. The summed E-state index contributed by atoms with van der Waals surface area (Å²) in [5, 5.41) is 13.5. The number of likely N-dealkylation sites (N-methyl/N-ethyl adjacent to an activating group) is 1.